The molecule has 4 nitrogen and oxygen atoms in total. The first-order valence-electron chi connectivity index (χ1n) is 7.71. The fraction of sp³-hybridized carbons (Fsp3) is 0.625. The molecule has 116 valence electrons. The summed E-state index contributed by atoms with van der Waals surface area (Å²) in [5.74, 6) is 0. The maximum atomic E-state index is 12.9. The van der Waals surface area contributed by atoms with Gasteiger partial charge >= 0.3 is 0 Å². The van der Waals surface area contributed by atoms with Gasteiger partial charge in [0.05, 0.1) is 4.90 Å². The largest absolute Gasteiger partial charge is 0.317 e. The summed E-state index contributed by atoms with van der Waals surface area (Å²) >= 11 is 0. The molecule has 2 heterocycles. The SMILES string of the molecule is Cc1cc(C)cc(S(=O)(=O)N2CCC3(CCNCC3)C2)c1. The Morgan fingerprint density at radius 3 is 2.29 bits per heavy atom. The zero-order chi connectivity index (χ0) is 15.1. The lowest BCUT2D eigenvalue weighted by Gasteiger charge is -2.33. The molecular weight excluding hydrogens is 284 g/mol. The minimum atomic E-state index is -3.35. The zero-order valence-corrected chi connectivity index (χ0v) is 13.7. The van der Waals surface area contributed by atoms with Crippen molar-refractivity contribution in [3.05, 3.63) is 29.3 Å². The van der Waals surface area contributed by atoms with Gasteiger partial charge in [0, 0.05) is 13.1 Å². The molecule has 2 saturated heterocycles. The number of aryl methyl sites for hydroxylation is 2. The van der Waals surface area contributed by atoms with E-state index in [1.807, 2.05) is 19.9 Å². The number of nitrogens with zero attached hydrogens (tertiary/aromatic N) is 1. The fourth-order valence-corrected chi connectivity index (χ4v) is 5.44. The molecule has 5 heteroatoms. The van der Waals surface area contributed by atoms with Gasteiger partial charge in [-0.2, -0.15) is 4.31 Å². The second kappa shape index (κ2) is 5.38. The topological polar surface area (TPSA) is 49.4 Å². The molecule has 0 amide bonds. The summed E-state index contributed by atoms with van der Waals surface area (Å²) in [7, 11) is -3.35. The maximum Gasteiger partial charge on any atom is 0.243 e. The molecule has 1 spiro atoms. The average Bonchev–Trinajstić information content (AvgIpc) is 2.83. The van der Waals surface area contributed by atoms with Crippen LogP contribution in [0.4, 0.5) is 0 Å². The van der Waals surface area contributed by atoms with Crippen LogP contribution in [0.3, 0.4) is 0 Å². The van der Waals surface area contributed by atoms with Gasteiger partial charge in [-0.3, -0.25) is 0 Å². The highest BCUT2D eigenvalue weighted by Crippen LogP contribution is 2.40. The van der Waals surface area contributed by atoms with Crippen molar-refractivity contribution in [2.45, 2.75) is 38.0 Å². The first-order chi connectivity index (χ1) is 9.91. The summed E-state index contributed by atoms with van der Waals surface area (Å²) in [6.45, 7) is 7.27. The number of hydrogen-bond acceptors (Lipinski definition) is 3. The van der Waals surface area contributed by atoms with Crippen LogP contribution in [-0.2, 0) is 10.0 Å². The van der Waals surface area contributed by atoms with E-state index in [0.717, 1.165) is 43.5 Å². The van der Waals surface area contributed by atoms with Crippen LogP contribution in [0.15, 0.2) is 23.1 Å². The van der Waals surface area contributed by atoms with Gasteiger partial charge in [0.2, 0.25) is 10.0 Å². The van der Waals surface area contributed by atoms with Gasteiger partial charge < -0.3 is 5.32 Å². The second-order valence-electron chi connectivity index (χ2n) is 6.66. The quantitative estimate of drug-likeness (QED) is 0.910. The van der Waals surface area contributed by atoms with Gasteiger partial charge in [0.1, 0.15) is 0 Å². The molecule has 21 heavy (non-hydrogen) atoms. The maximum absolute atomic E-state index is 12.9. The van der Waals surface area contributed by atoms with Gasteiger partial charge in [-0.25, -0.2) is 8.42 Å². The lowest BCUT2D eigenvalue weighted by atomic mass is 9.78. The third kappa shape index (κ3) is 2.87. The first kappa shape index (κ1) is 15.0. The van der Waals surface area contributed by atoms with E-state index >= 15 is 0 Å². The number of hydrogen-bond donors (Lipinski definition) is 1. The van der Waals surface area contributed by atoms with Crippen molar-refractivity contribution in [2.24, 2.45) is 5.41 Å². The summed E-state index contributed by atoms with van der Waals surface area (Å²) in [6, 6.07) is 5.59. The lowest BCUT2D eigenvalue weighted by Crippen LogP contribution is -2.39. The summed E-state index contributed by atoms with van der Waals surface area (Å²) < 4.78 is 27.5. The van der Waals surface area contributed by atoms with E-state index in [4.69, 9.17) is 0 Å². The van der Waals surface area contributed by atoms with E-state index < -0.39 is 10.0 Å². The van der Waals surface area contributed by atoms with Crippen LogP contribution in [0.2, 0.25) is 0 Å². The third-order valence-electron chi connectivity index (χ3n) is 4.90. The fourth-order valence-electron chi connectivity index (χ4n) is 3.70. The van der Waals surface area contributed by atoms with Crippen LogP contribution >= 0.6 is 0 Å². The Kier molecular flexibility index (Phi) is 3.84. The molecule has 1 aromatic carbocycles. The molecule has 0 unspecified atom stereocenters. The molecule has 0 atom stereocenters. The van der Waals surface area contributed by atoms with Crippen LogP contribution in [0, 0.1) is 19.3 Å². The van der Waals surface area contributed by atoms with E-state index in [1.165, 1.54) is 0 Å². The Labute approximate surface area is 127 Å². The normalized spacial score (nSPS) is 22.8. The zero-order valence-electron chi connectivity index (χ0n) is 12.9. The Balaban J connectivity index is 1.86. The Morgan fingerprint density at radius 2 is 1.67 bits per heavy atom. The summed E-state index contributed by atoms with van der Waals surface area (Å²) in [5, 5.41) is 3.37. The van der Waals surface area contributed by atoms with Crippen molar-refractivity contribution < 1.29 is 8.42 Å². The molecule has 0 bridgehead atoms. The molecule has 3 rings (SSSR count). The van der Waals surface area contributed by atoms with Crippen molar-refractivity contribution >= 4 is 10.0 Å². The van der Waals surface area contributed by atoms with Crippen molar-refractivity contribution in [1.29, 1.82) is 0 Å². The predicted octanol–water partition coefficient (Wildman–Crippen LogP) is 2.07. The van der Waals surface area contributed by atoms with Crippen LogP contribution in [0.1, 0.15) is 30.4 Å². The minimum absolute atomic E-state index is 0.206. The van der Waals surface area contributed by atoms with Gasteiger partial charge in [-0.1, -0.05) is 6.07 Å². The molecule has 1 aromatic rings. The molecule has 2 fully saturated rings. The highest BCUT2D eigenvalue weighted by atomic mass is 32.2. The Bertz CT molecular complexity index is 613. The third-order valence-corrected chi connectivity index (χ3v) is 6.72. The highest BCUT2D eigenvalue weighted by molar-refractivity contribution is 7.89. The van der Waals surface area contributed by atoms with Gasteiger partial charge in [0.15, 0.2) is 0 Å². The number of benzene rings is 1. The number of nitrogens with one attached hydrogen (secondary N) is 1. The van der Waals surface area contributed by atoms with E-state index in [-0.39, 0.29) is 5.41 Å². The van der Waals surface area contributed by atoms with E-state index in [1.54, 1.807) is 16.4 Å². The van der Waals surface area contributed by atoms with E-state index in [0.29, 0.717) is 18.0 Å². The Morgan fingerprint density at radius 1 is 1.05 bits per heavy atom. The number of piperidine rings is 1. The summed E-state index contributed by atoms with van der Waals surface area (Å²) in [6.07, 6.45) is 3.18. The Hall–Kier alpha value is -0.910. The summed E-state index contributed by atoms with van der Waals surface area (Å²) in [5.41, 5.74) is 2.21. The van der Waals surface area contributed by atoms with Crippen molar-refractivity contribution in [1.82, 2.24) is 9.62 Å². The van der Waals surface area contributed by atoms with Gasteiger partial charge in [-0.05, 0) is 74.9 Å². The molecule has 2 aliphatic rings. The molecule has 0 aliphatic carbocycles. The summed E-state index contributed by atoms with van der Waals surface area (Å²) in [4.78, 5) is 0.450. The lowest BCUT2D eigenvalue weighted by molar-refractivity contribution is 0.218. The van der Waals surface area contributed by atoms with Crippen LogP contribution < -0.4 is 5.32 Å². The minimum Gasteiger partial charge on any atom is -0.317 e. The van der Waals surface area contributed by atoms with Gasteiger partial charge in [-0.15, -0.1) is 0 Å². The first-order valence-corrected chi connectivity index (χ1v) is 9.15. The standard InChI is InChI=1S/C16H24N2O2S/c1-13-9-14(2)11-15(10-13)21(19,20)18-8-5-16(12-18)3-6-17-7-4-16/h9-11,17H,3-8,12H2,1-2H3. The molecular formula is C16H24N2O2S. The van der Waals surface area contributed by atoms with Crippen LogP contribution in [0.5, 0.6) is 0 Å². The molecule has 0 aromatic heterocycles. The average molecular weight is 308 g/mol. The number of rotatable bonds is 2. The molecule has 0 saturated carbocycles. The monoisotopic (exact) mass is 308 g/mol. The molecule has 2 aliphatic heterocycles. The van der Waals surface area contributed by atoms with Gasteiger partial charge in [0.25, 0.3) is 0 Å². The van der Waals surface area contributed by atoms with Crippen molar-refractivity contribution in [2.75, 3.05) is 26.2 Å². The van der Waals surface area contributed by atoms with Crippen LogP contribution in [-0.4, -0.2) is 38.9 Å². The van der Waals surface area contributed by atoms with Crippen molar-refractivity contribution in [3.63, 3.8) is 0 Å². The van der Waals surface area contributed by atoms with E-state index in [9.17, 15) is 8.42 Å². The number of sulfonamides is 1. The predicted molar refractivity (Wildman–Crippen MR) is 83.8 cm³/mol. The second-order valence-corrected chi connectivity index (χ2v) is 8.60. The molecule has 1 N–H and O–H groups in total. The van der Waals surface area contributed by atoms with E-state index in [2.05, 4.69) is 5.32 Å². The smallest absolute Gasteiger partial charge is 0.243 e. The molecule has 0 radical (unpaired) electrons. The highest BCUT2D eigenvalue weighted by Gasteiger charge is 2.43. The van der Waals surface area contributed by atoms with Crippen LogP contribution in [0.25, 0.3) is 0 Å². The van der Waals surface area contributed by atoms with Crippen molar-refractivity contribution in [3.8, 4) is 0 Å².